The van der Waals surface area contributed by atoms with Crippen molar-refractivity contribution in [1.29, 1.82) is 0 Å². The van der Waals surface area contributed by atoms with Gasteiger partial charge in [0.25, 0.3) is 0 Å². The normalized spacial score (nSPS) is 19.6. The number of rotatable bonds is 6. The van der Waals surface area contributed by atoms with Crippen LogP contribution in [0.25, 0.3) is 0 Å². The monoisotopic (exact) mass is 241 g/mol. The van der Waals surface area contributed by atoms with Gasteiger partial charge in [0.15, 0.2) is 0 Å². The molecule has 2 rings (SSSR count). The highest BCUT2D eigenvalue weighted by Gasteiger charge is 2.15. The van der Waals surface area contributed by atoms with Crippen molar-refractivity contribution in [3.63, 3.8) is 0 Å². The Hall–Kier alpha value is -1.47. The van der Waals surface area contributed by atoms with Crippen LogP contribution in [0.15, 0.2) is 12.5 Å². The van der Waals surface area contributed by atoms with Gasteiger partial charge < -0.3 is 24.2 Å². The second kappa shape index (κ2) is 5.74. The van der Waals surface area contributed by atoms with E-state index in [2.05, 4.69) is 4.98 Å². The third kappa shape index (κ3) is 3.50. The number of ether oxygens (including phenoxy) is 2. The van der Waals surface area contributed by atoms with Gasteiger partial charge in [-0.05, 0) is 22.7 Å². The Balaban J connectivity index is 1.65. The van der Waals surface area contributed by atoms with Crippen molar-refractivity contribution in [2.45, 2.75) is 25.5 Å². The second-order valence-electron chi connectivity index (χ2n) is 3.94. The number of hydrogen-bond acceptors (Lipinski definition) is 5. The molecule has 1 saturated heterocycles. The molecule has 7 nitrogen and oxygen atoms in total. The zero-order valence-electron chi connectivity index (χ0n) is 9.45. The van der Waals surface area contributed by atoms with E-state index in [0.717, 1.165) is 19.4 Å². The first-order valence-electron chi connectivity index (χ1n) is 5.61. The van der Waals surface area contributed by atoms with Crippen LogP contribution in [0.1, 0.15) is 12.8 Å². The molecule has 0 saturated carbocycles. The summed E-state index contributed by atoms with van der Waals surface area (Å²) in [6.07, 6.45) is 5.20. The Kier molecular flexibility index (Phi) is 4.05. The minimum atomic E-state index is -0.510. The molecule has 2 heterocycles. The molecule has 0 radical (unpaired) electrons. The molecule has 1 aromatic heterocycles. The fraction of sp³-hybridized carbons (Fsp3) is 0.700. The number of nitrogens with zero attached hydrogens (tertiary/aromatic N) is 3. The molecule has 0 bridgehead atoms. The molecule has 1 aliphatic heterocycles. The van der Waals surface area contributed by atoms with E-state index in [4.69, 9.17) is 9.47 Å². The van der Waals surface area contributed by atoms with Crippen molar-refractivity contribution < 1.29 is 14.4 Å². The Morgan fingerprint density at radius 3 is 3.24 bits per heavy atom. The quantitative estimate of drug-likeness (QED) is 0.421. The van der Waals surface area contributed by atoms with Crippen LogP contribution in [0.4, 0.5) is 5.82 Å². The van der Waals surface area contributed by atoms with Gasteiger partial charge in [-0.3, -0.25) is 0 Å². The molecular weight excluding hydrogens is 226 g/mol. The third-order valence-electron chi connectivity index (χ3n) is 2.63. The minimum Gasteiger partial charge on any atom is -0.377 e. The van der Waals surface area contributed by atoms with Gasteiger partial charge in [-0.15, -0.1) is 0 Å². The molecule has 0 N–H and O–H groups in total. The van der Waals surface area contributed by atoms with Crippen molar-refractivity contribution >= 4 is 5.82 Å². The largest absolute Gasteiger partial charge is 0.381 e. The summed E-state index contributed by atoms with van der Waals surface area (Å²) in [4.78, 5) is 13.5. The molecule has 1 fully saturated rings. The minimum absolute atomic E-state index is 0.135. The maximum Gasteiger partial charge on any atom is 0.381 e. The van der Waals surface area contributed by atoms with Gasteiger partial charge in [-0.2, -0.15) is 0 Å². The van der Waals surface area contributed by atoms with Crippen LogP contribution in [-0.2, 0) is 16.0 Å². The number of aromatic nitrogens is 2. The van der Waals surface area contributed by atoms with Gasteiger partial charge in [-0.1, -0.05) is 0 Å². The maximum atomic E-state index is 10.4. The third-order valence-corrected chi connectivity index (χ3v) is 2.63. The molecule has 1 aromatic rings. The Labute approximate surface area is 98.5 Å². The highest BCUT2D eigenvalue weighted by atomic mass is 16.6. The Bertz CT molecular complexity index is 373. The summed E-state index contributed by atoms with van der Waals surface area (Å²) >= 11 is 0. The molecule has 0 spiro atoms. The number of hydrogen-bond donors (Lipinski definition) is 0. The average Bonchev–Trinajstić information content (AvgIpc) is 2.96. The van der Waals surface area contributed by atoms with Crippen molar-refractivity contribution in [1.82, 2.24) is 9.55 Å². The molecule has 0 aromatic carbocycles. The van der Waals surface area contributed by atoms with E-state index in [1.165, 1.54) is 12.5 Å². The van der Waals surface area contributed by atoms with Crippen LogP contribution < -0.4 is 0 Å². The van der Waals surface area contributed by atoms with E-state index in [-0.39, 0.29) is 11.9 Å². The van der Waals surface area contributed by atoms with Gasteiger partial charge in [-0.25, -0.2) is 0 Å². The van der Waals surface area contributed by atoms with Crippen LogP contribution >= 0.6 is 0 Å². The fourth-order valence-corrected chi connectivity index (χ4v) is 1.73. The second-order valence-corrected chi connectivity index (χ2v) is 3.94. The van der Waals surface area contributed by atoms with Crippen LogP contribution in [0, 0.1) is 10.1 Å². The SMILES string of the molecule is O=[N+]([O-])c1cn(CCOC[C@@H]2CCCO2)cn1. The van der Waals surface area contributed by atoms with Gasteiger partial charge in [0, 0.05) is 13.2 Å². The standard InChI is InChI=1S/C10H15N3O4/c14-13(15)10-6-12(8-11-10)3-5-16-7-9-2-1-4-17-9/h6,8-9H,1-5,7H2/t9-/m0/s1. The predicted molar refractivity (Wildman–Crippen MR) is 58.7 cm³/mol. The Morgan fingerprint density at radius 1 is 1.71 bits per heavy atom. The molecule has 1 atom stereocenters. The van der Waals surface area contributed by atoms with Crippen LogP contribution in [0.3, 0.4) is 0 Å². The molecule has 17 heavy (non-hydrogen) atoms. The average molecular weight is 241 g/mol. The van der Waals surface area contributed by atoms with Crippen LogP contribution in [-0.4, -0.2) is 40.4 Å². The topological polar surface area (TPSA) is 79.4 Å². The summed E-state index contributed by atoms with van der Waals surface area (Å²) < 4.78 is 12.5. The molecule has 7 heteroatoms. The van der Waals surface area contributed by atoms with Crippen LogP contribution in [0.5, 0.6) is 0 Å². The predicted octanol–water partition coefficient (Wildman–Crippen LogP) is 0.987. The number of nitro groups is 1. The van der Waals surface area contributed by atoms with Crippen molar-refractivity contribution in [3.05, 3.63) is 22.6 Å². The summed E-state index contributed by atoms with van der Waals surface area (Å²) in [5.74, 6) is -0.135. The lowest BCUT2D eigenvalue weighted by Crippen LogP contribution is -2.16. The van der Waals surface area contributed by atoms with Gasteiger partial charge >= 0.3 is 5.82 Å². The lowest BCUT2D eigenvalue weighted by atomic mass is 10.2. The molecule has 1 aliphatic rings. The Morgan fingerprint density at radius 2 is 2.59 bits per heavy atom. The first-order valence-corrected chi connectivity index (χ1v) is 5.61. The summed E-state index contributed by atoms with van der Waals surface area (Å²) in [5.41, 5.74) is 0. The zero-order chi connectivity index (χ0) is 12.1. The van der Waals surface area contributed by atoms with E-state index >= 15 is 0 Å². The van der Waals surface area contributed by atoms with E-state index in [1.54, 1.807) is 4.57 Å². The molecule has 94 valence electrons. The zero-order valence-corrected chi connectivity index (χ0v) is 9.45. The molecular formula is C10H15N3O4. The van der Waals surface area contributed by atoms with E-state index in [1.807, 2.05) is 0 Å². The van der Waals surface area contributed by atoms with Crippen molar-refractivity contribution in [3.8, 4) is 0 Å². The first-order chi connectivity index (χ1) is 8.25. The van der Waals surface area contributed by atoms with Gasteiger partial charge in [0.1, 0.15) is 6.20 Å². The van der Waals surface area contributed by atoms with Crippen molar-refractivity contribution in [2.75, 3.05) is 19.8 Å². The number of imidazole rings is 1. The summed E-state index contributed by atoms with van der Waals surface area (Å²) in [6.45, 7) is 2.49. The molecule has 0 aliphatic carbocycles. The van der Waals surface area contributed by atoms with E-state index < -0.39 is 4.92 Å². The highest BCUT2D eigenvalue weighted by molar-refractivity contribution is 5.12. The van der Waals surface area contributed by atoms with Gasteiger partial charge in [0.05, 0.1) is 19.3 Å². The molecule has 0 unspecified atom stereocenters. The lowest BCUT2D eigenvalue weighted by Gasteiger charge is -2.09. The molecule has 0 amide bonds. The van der Waals surface area contributed by atoms with Crippen molar-refractivity contribution in [2.24, 2.45) is 0 Å². The van der Waals surface area contributed by atoms with E-state index in [0.29, 0.717) is 19.8 Å². The van der Waals surface area contributed by atoms with Crippen LogP contribution in [0.2, 0.25) is 0 Å². The fourth-order valence-electron chi connectivity index (χ4n) is 1.73. The van der Waals surface area contributed by atoms with Gasteiger partial charge in [0.2, 0.25) is 6.33 Å². The summed E-state index contributed by atoms with van der Waals surface area (Å²) in [5, 5.41) is 10.4. The maximum absolute atomic E-state index is 10.4. The first kappa shape index (κ1) is 12.0. The highest BCUT2D eigenvalue weighted by Crippen LogP contribution is 2.12. The smallest absolute Gasteiger partial charge is 0.377 e. The lowest BCUT2D eigenvalue weighted by molar-refractivity contribution is -0.389. The summed E-state index contributed by atoms with van der Waals surface area (Å²) in [7, 11) is 0. The van der Waals surface area contributed by atoms with E-state index in [9.17, 15) is 10.1 Å². The summed E-state index contributed by atoms with van der Waals surface area (Å²) in [6, 6.07) is 0.